The molecule has 1 N–H and O–H groups in total. The van der Waals surface area contributed by atoms with E-state index in [0.717, 1.165) is 12.8 Å². The van der Waals surface area contributed by atoms with Crippen LogP contribution in [0.2, 0.25) is 0 Å². The SMILES string of the molecule is CCCCCCCCCOC(=O)CCNC(=O)c1ccc(OC)cc1. The standard InChI is InChI=1S/C20H31NO4/c1-3-4-5-6-7-8-9-16-25-19(22)14-15-21-20(23)17-10-12-18(24-2)13-11-17/h10-13H,3-9,14-16H2,1-2H3,(H,21,23). The molecule has 1 rings (SSSR count). The molecule has 5 heteroatoms. The number of benzene rings is 1. The molecule has 0 aliphatic heterocycles. The fraction of sp³-hybridized carbons (Fsp3) is 0.600. The predicted molar refractivity (Wildman–Crippen MR) is 98.9 cm³/mol. The quantitative estimate of drug-likeness (QED) is 0.430. The van der Waals surface area contributed by atoms with Gasteiger partial charge >= 0.3 is 5.97 Å². The minimum atomic E-state index is -0.263. The number of methoxy groups -OCH3 is 1. The van der Waals surface area contributed by atoms with Crippen molar-refractivity contribution in [1.29, 1.82) is 0 Å². The molecule has 0 spiro atoms. The van der Waals surface area contributed by atoms with Gasteiger partial charge in [0.15, 0.2) is 0 Å². The Balaban J connectivity index is 2.05. The van der Waals surface area contributed by atoms with Gasteiger partial charge in [-0.2, -0.15) is 0 Å². The highest BCUT2D eigenvalue weighted by atomic mass is 16.5. The lowest BCUT2D eigenvalue weighted by atomic mass is 10.1. The molecule has 1 aromatic rings. The average Bonchev–Trinajstić information content (AvgIpc) is 2.64. The Bertz CT molecular complexity index is 499. The number of esters is 1. The Morgan fingerprint density at radius 2 is 1.60 bits per heavy atom. The van der Waals surface area contributed by atoms with Crippen molar-refractivity contribution in [1.82, 2.24) is 5.32 Å². The zero-order chi connectivity index (χ0) is 18.3. The van der Waals surface area contributed by atoms with Gasteiger partial charge in [-0.3, -0.25) is 9.59 Å². The number of rotatable bonds is 13. The molecule has 0 heterocycles. The summed E-state index contributed by atoms with van der Waals surface area (Å²) in [6, 6.07) is 6.83. The molecule has 0 aliphatic carbocycles. The van der Waals surface area contributed by atoms with Crippen molar-refractivity contribution in [2.45, 2.75) is 58.3 Å². The van der Waals surface area contributed by atoms with E-state index in [1.165, 1.54) is 32.1 Å². The molecular formula is C20H31NO4. The maximum Gasteiger partial charge on any atom is 0.307 e. The molecular weight excluding hydrogens is 318 g/mol. The summed E-state index contributed by atoms with van der Waals surface area (Å²) in [5.74, 6) is 0.231. The summed E-state index contributed by atoms with van der Waals surface area (Å²) in [6.45, 7) is 2.96. The van der Waals surface area contributed by atoms with E-state index in [-0.39, 0.29) is 24.8 Å². The fourth-order valence-corrected chi connectivity index (χ4v) is 2.44. The van der Waals surface area contributed by atoms with Crippen LogP contribution in [0.5, 0.6) is 5.75 Å². The van der Waals surface area contributed by atoms with Crippen molar-refractivity contribution >= 4 is 11.9 Å². The van der Waals surface area contributed by atoms with Crippen LogP contribution in [0.4, 0.5) is 0 Å². The first kappa shape index (κ1) is 21.0. The van der Waals surface area contributed by atoms with Crippen LogP contribution in [-0.4, -0.2) is 32.1 Å². The summed E-state index contributed by atoms with van der Waals surface area (Å²) in [7, 11) is 1.58. The summed E-state index contributed by atoms with van der Waals surface area (Å²) >= 11 is 0. The number of unbranched alkanes of at least 4 members (excludes halogenated alkanes) is 6. The van der Waals surface area contributed by atoms with Crippen LogP contribution in [0.1, 0.15) is 68.6 Å². The van der Waals surface area contributed by atoms with Gasteiger partial charge in [-0.25, -0.2) is 0 Å². The van der Waals surface area contributed by atoms with Gasteiger partial charge in [0.1, 0.15) is 5.75 Å². The Kier molecular flexibility index (Phi) is 11.2. The third-order valence-electron chi connectivity index (χ3n) is 3.98. The lowest BCUT2D eigenvalue weighted by Gasteiger charge is -2.07. The summed E-state index contributed by atoms with van der Waals surface area (Å²) in [6.07, 6.45) is 8.53. The highest BCUT2D eigenvalue weighted by Crippen LogP contribution is 2.11. The summed E-state index contributed by atoms with van der Waals surface area (Å²) < 4.78 is 10.2. The number of carbonyl (C=O) groups is 2. The summed E-state index contributed by atoms with van der Waals surface area (Å²) in [5.41, 5.74) is 0.539. The molecule has 0 saturated heterocycles. The molecule has 1 amide bonds. The van der Waals surface area contributed by atoms with Crippen molar-refractivity contribution in [3.8, 4) is 5.75 Å². The zero-order valence-corrected chi connectivity index (χ0v) is 15.5. The molecule has 0 unspecified atom stereocenters. The first-order valence-electron chi connectivity index (χ1n) is 9.25. The third kappa shape index (κ3) is 9.75. The van der Waals surface area contributed by atoms with E-state index in [1.807, 2.05) is 0 Å². The largest absolute Gasteiger partial charge is 0.497 e. The Morgan fingerprint density at radius 1 is 0.960 bits per heavy atom. The summed E-state index contributed by atoms with van der Waals surface area (Å²) in [5, 5.41) is 2.72. The highest BCUT2D eigenvalue weighted by molar-refractivity contribution is 5.94. The lowest BCUT2D eigenvalue weighted by Crippen LogP contribution is -2.26. The minimum Gasteiger partial charge on any atom is -0.497 e. The van der Waals surface area contributed by atoms with Gasteiger partial charge in [-0.1, -0.05) is 45.4 Å². The van der Waals surface area contributed by atoms with Crippen LogP contribution in [0.3, 0.4) is 0 Å². The Morgan fingerprint density at radius 3 is 2.24 bits per heavy atom. The van der Waals surface area contributed by atoms with E-state index in [9.17, 15) is 9.59 Å². The number of ether oxygens (including phenoxy) is 2. The van der Waals surface area contributed by atoms with Crippen LogP contribution in [-0.2, 0) is 9.53 Å². The maximum atomic E-state index is 11.9. The van der Waals surface area contributed by atoms with E-state index >= 15 is 0 Å². The molecule has 0 fully saturated rings. The van der Waals surface area contributed by atoms with Crippen LogP contribution >= 0.6 is 0 Å². The Labute approximate surface area is 151 Å². The highest BCUT2D eigenvalue weighted by Gasteiger charge is 2.07. The molecule has 0 atom stereocenters. The van der Waals surface area contributed by atoms with Crippen molar-refractivity contribution in [2.24, 2.45) is 0 Å². The average molecular weight is 349 g/mol. The molecule has 0 radical (unpaired) electrons. The molecule has 140 valence electrons. The van der Waals surface area contributed by atoms with Gasteiger partial charge in [0.25, 0.3) is 5.91 Å². The maximum absolute atomic E-state index is 11.9. The van der Waals surface area contributed by atoms with Gasteiger partial charge in [-0.15, -0.1) is 0 Å². The van der Waals surface area contributed by atoms with E-state index < -0.39 is 0 Å². The molecule has 0 bridgehead atoms. The number of hydrogen-bond donors (Lipinski definition) is 1. The third-order valence-corrected chi connectivity index (χ3v) is 3.98. The predicted octanol–water partition coefficient (Wildman–Crippen LogP) is 4.11. The molecule has 25 heavy (non-hydrogen) atoms. The monoisotopic (exact) mass is 349 g/mol. The summed E-state index contributed by atoms with van der Waals surface area (Å²) in [4.78, 5) is 23.6. The van der Waals surface area contributed by atoms with Gasteiger partial charge in [0, 0.05) is 12.1 Å². The molecule has 0 aromatic heterocycles. The first-order chi connectivity index (χ1) is 12.2. The second-order valence-corrected chi connectivity index (χ2v) is 6.08. The van der Waals surface area contributed by atoms with E-state index in [4.69, 9.17) is 9.47 Å². The van der Waals surface area contributed by atoms with Crippen LogP contribution in [0.25, 0.3) is 0 Å². The smallest absolute Gasteiger partial charge is 0.307 e. The number of nitrogens with one attached hydrogen (secondary N) is 1. The number of amides is 1. The van der Waals surface area contributed by atoms with Gasteiger partial charge in [0.05, 0.1) is 20.1 Å². The van der Waals surface area contributed by atoms with Crippen molar-refractivity contribution in [2.75, 3.05) is 20.3 Å². The fourth-order valence-electron chi connectivity index (χ4n) is 2.44. The van der Waals surface area contributed by atoms with Crippen molar-refractivity contribution in [3.05, 3.63) is 29.8 Å². The van der Waals surface area contributed by atoms with Gasteiger partial charge < -0.3 is 14.8 Å². The minimum absolute atomic E-state index is 0.193. The van der Waals surface area contributed by atoms with E-state index in [0.29, 0.717) is 17.9 Å². The number of carbonyl (C=O) groups excluding carboxylic acids is 2. The van der Waals surface area contributed by atoms with Crippen molar-refractivity contribution in [3.63, 3.8) is 0 Å². The molecule has 5 nitrogen and oxygen atoms in total. The van der Waals surface area contributed by atoms with Crippen LogP contribution in [0.15, 0.2) is 24.3 Å². The van der Waals surface area contributed by atoms with Gasteiger partial charge in [0.2, 0.25) is 0 Å². The molecule has 0 aliphatic rings. The van der Waals surface area contributed by atoms with E-state index in [2.05, 4.69) is 12.2 Å². The van der Waals surface area contributed by atoms with E-state index in [1.54, 1.807) is 31.4 Å². The van der Waals surface area contributed by atoms with Gasteiger partial charge in [-0.05, 0) is 30.7 Å². The second-order valence-electron chi connectivity index (χ2n) is 6.08. The van der Waals surface area contributed by atoms with Crippen LogP contribution < -0.4 is 10.1 Å². The normalized spacial score (nSPS) is 10.3. The number of hydrogen-bond acceptors (Lipinski definition) is 4. The molecule has 1 aromatic carbocycles. The van der Waals surface area contributed by atoms with Crippen molar-refractivity contribution < 1.29 is 19.1 Å². The zero-order valence-electron chi connectivity index (χ0n) is 15.5. The lowest BCUT2D eigenvalue weighted by molar-refractivity contribution is -0.143. The first-order valence-corrected chi connectivity index (χ1v) is 9.25. The van der Waals surface area contributed by atoms with Crippen LogP contribution in [0, 0.1) is 0 Å². The molecule has 0 saturated carbocycles. The Hall–Kier alpha value is -2.04. The topological polar surface area (TPSA) is 64.6 Å². The second kappa shape index (κ2) is 13.3.